The third kappa shape index (κ3) is 3.83. The monoisotopic (exact) mass is 378 g/mol. The van der Waals surface area contributed by atoms with Gasteiger partial charge >= 0.3 is 6.09 Å². The Hall–Kier alpha value is -1.75. The summed E-state index contributed by atoms with van der Waals surface area (Å²) >= 11 is 6.03. The van der Waals surface area contributed by atoms with Crippen LogP contribution in [0.25, 0.3) is 0 Å². The predicted octanol–water partition coefficient (Wildman–Crippen LogP) is 3.74. The summed E-state index contributed by atoms with van der Waals surface area (Å²) in [5.74, 6) is 0.260. The highest BCUT2D eigenvalue weighted by atomic mass is 35.5. The molecule has 0 bridgehead atoms. The molecule has 6 heteroatoms. The van der Waals surface area contributed by atoms with Gasteiger partial charge in [-0.25, -0.2) is 4.79 Å². The van der Waals surface area contributed by atoms with Crippen LogP contribution in [0.3, 0.4) is 0 Å². The lowest BCUT2D eigenvalue weighted by Crippen LogP contribution is -2.53. The fraction of sp³-hybridized carbons (Fsp3) is 0.600. The van der Waals surface area contributed by atoms with Crippen molar-refractivity contribution in [2.45, 2.75) is 50.5 Å². The van der Waals surface area contributed by atoms with E-state index in [-0.39, 0.29) is 23.3 Å². The van der Waals surface area contributed by atoms with Crippen LogP contribution in [0, 0.1) is 5.92 Å². The largest absolute Gasteiger partial charge is 0.453 e. The molecule has 1 aliphatic heterocycles. The van der Waals surface area contributed by atoms with Crippen LogP contribution in [0.2, 0.25) is 5.02 Å². The topological polar surface area (TPSA) is 58.6 Å². The summed E-state index contributed by atoms with van der Waals surface area (Å²) < 4.78 is 4.60. The minimum Gasteiger partial charge on any atom is -0.453 e. The lowest BCUT2D eigenvalue weighted by Gasteiger charge is -2.44. The average molecular weight is 379 g/mol. The number of benzene rings is 1. The molecule has 1 aromatic rings. The summed E-state index contributed by atoms with van der Waals surface area (Å²) in [6.45, 7) is 3.81. The summed E-state index contributed by atoms with van der Waals surface area (Å²) in [5, 5.41) is 3.52. The van der Waals surface area contributed by atoms with Crippen molar-refractivity contribution in [3.8, 4) is 0 Å². The second kappa shape index (κ2) is 7.87. The highest BCUT2D eigenvalue weighted by molar-refractivity contribution is 6.30. The lowest BCUT2D eigenvalue weighted by molar-refractivity contribution is -0.140. The molecule has 1 aromatic carbocycles. The first-order valence-electron chi connectivity index (χ1n) is 9.37. The van der Waals surface area contributed by atoms with Gasteiger partial charge in [0, 0.05) is 30.1 Å². The van der Waals surface area contributed by atoms with Crippen LogP contribution in [-0.4, -0.2) is 43.1 Å². The predicted molar refractivity (Wildman–Crippen MR) is 101 cm³/mol. The maximum Gasteiger partial charge on any atom is 0.407 e. The number of hydrogen-bond acceptors (Lipinski definition) is 3. The Labute approximate surface area is 160 Å². The molecule has 1 saturated heterocycles. The van der Waals surface area contributed by atoms with E-state index >= 15 is 0 Å². The zero-order valence-electron chi connectivity index (χ0n) is 15.5. The summed E-state index contributed by atoms with van der Waals surface area (Å²) in [4.78, 5) is 25.9. The number of carbonyl (C=O) groups excluding carboxylic acids is 2. The Bertz CT molecular complexity index is 648. The van der Waals surface area contributed by atoms with Gasteiger partial charge in [0.25, 0.3) is 0 Å². The molecule has 1 saturated carbocycles. The number of ether oxygens (including phenoxy) is 1. The molecule has 0 radical (unpaired) electrons. The van der Waals surface area contributed by atoms with E-state index in [1.807, 2.05) is 17.0 Å². The van der Waals surface area contributed by atoms with E-state index in [9.17, 15) is 9.59 Å². The van der Waals surface area contributed by atoms with Crippen molar-refractivity contribution in [3.05, 3.63) is 34.9 Å². The quantitative estimate of drug-likeness (QED) is 0.868. The summed E-state index contributed by atoms with van der Waals surface area (Å²) in [6, 6.07) is 8.21. The molecule has 26 heavy (non-hydrogen) atoms. The van der Waals surface area contributed by atoms with Gasteiger partial charge in [-0.2, -0.15) is 0 Å². The van der Waals surface area contributed by atoms with Gasteiger partial charge in [-0.15, -0.1) is 0 Å². The molecular formula is C20H27ClN2O3. The Morgan fingerprint density at radius 1 is 1.23 bits per heavy atom. The van der Waals surface area contributed by atoms with Crippen LogP contribution in [0.1, 0.15) is 44.6 Å². The Kier molecular flexibility index (Phi) is 5.76. The second-order valence-electron chi connectivity index (χ2n) is 7.47. The lowest BCUT2D eigenvalue weighted by atomic mass is 9.70. The van der Waals surface area contributed by atoms with Crippen LogP contribution in [-0.2, 0) is 14.9 Å². The Morgan fingerprint density at radius 2 is 1.85 bits per heavy atom. The van der Waals surface area contributed by atoms with E-state index in [4.69, 9.17) is 11.6 Å². The van der Waals surface area contributed by atoms with Crippen molar-refractivity contribution in [1.82, 2.24) is 10.2 Å². The molecule has 5 nitrogen and oxygen atoms in total. The van der Waals surface area contributed by atoms with E-state index in [2.05, 4.69) is 29.1 Å². The minimum absolute atomic E-state index is 0.0295. The maximum atomic E-state index is 12.7. The van der Waals surface area contributed by atoms with Gasteiger partial charge in [-0.1, -0.05) is 30.7 Å². The standard InChI is InChI=1S/C20H27ClN2O3/c1-3-20(15-4-6-16(21)7-5-15)8-10-23(11-9-20)18(24)14-12-17(13-14)22-19(25)26-2/h4-7,14,17H,3,8-13H2,1-2H3,(H,22,25). The molecule has 3 rings (SSSR count). The molecule has 2 aliphatic rings. The van der Waals surface area contributed by atoms with Gasteiger partial charge < -0.3 is 15.0 Å². The van der Waals surface area contributed by atoms with Crippen molar-refractivity contribution < 1.29 is 14.3 Å². The van der Waals surface area contributed by atoms with Crippen LogP contribution in [0.5, 0.6) is 0 Å². The molecule has 2 fully saturated rings. The van der Waals surface area contributed by atoms with Crippen molar-refractivity contribution >= 4 is 23.6 Å². The van der Waals surface area contributed by atoms with Crippen LogP contribution >= 0.6 is 11.6 Å². The number of methoxy groups -OCH3 is 1. The van der Waals surface area contributed by atoms with Crippen LogP contribution < -0.4 is 5.32 Å². The number of likely N-dealkylation sites (tertiary alicyclic amines) is 1. The third-order valence-corrected chi connectivity index (χ3v) is 6.41. The number of piperidine rings is 1. The fourth-order valence-electron chi connectivity index (χ4n) is 4.23. The number of amides is 2. The van der Waals surface area contributed by atoms with Gasteiger partial charge in [-0.3, -0.25) is 4.79 Å². The summed E-state index contributed by atoms with van der Waals surface area (Å²) in [5.41, 5.74) is 1.46. The molecule has 0 unspecified atom stereocenters. The molecule has 0 spiro atoms. The molecular weight excluding hydrogens is 352 g/mol. The minimum atomic E-state index is -0.422. The molecule has 2 amide bonds. The van der Waals surface area contributed by atoms with E-state index < -0.39 is 6.09 Å². The first kappa shape index (κ1) is 19.0. The number of nitrogens with one attached hydrogen (secondary N) is 1. The summed E-state index contributed by atoms with van der Waals surface area (Å²) in [7, 11) is 1.35. The molecule has 1 heterocycles. The normalized spacial score (nSPS) is 24.5. The van der Waals surface area contributed by atoms with Crippen molar-refractivity contribution in [1.29, 1.82) is 0 Å². The first-order chi connectivity index (χ1) is 12.5. The number of hydrogen-bond donors (Lipinski definition) is 1. The number of rotatable bonds is 4. The maximum absolute atomic E-state index is 12.7. The Balaban J connectivity index is 1.54. The van der Waals surface area contributed by atoms with Gasteiger partial charge in [-0.05, 0) is 55.2 Å². The highest BCUT2D eigenvalue weighted by Crippen LogP contribution is 2.40. The smallest absolute Gasteiger partial charge is 0.407 e. The van der Waals surface area contributed by atoms with Gasteiger partial charge in [0.15, 0.2) is 0 Å². The zero-order chi connectivity index (χ0) is 18.7. The number of halogens is 1. The van der Waals surface area contributed by atoms with E-state index in [0.717, 1.165) is 37.4 Å². The van der Waals surface area contributed by atoms with Crippen LogP contribution in [0.4, 0.5) is 4.79 Å². The van der Waals surface area contributed by atoms with Crippen molar-refractivity contribution in [2.24, 2.45) is 5.92 Å². The van der Waals surface area contributed by atoms with E-state index in [0.29, 0.717) is 12.8 Å². The van der Waals surface area contributed by atoms with Crippen molar-refractivity contribution in [2.75, 3.05) is 20.2 Å². The fourth-order valence-corrected chi connectivity index (χ4v) is 4.35. The van der Waals surface area contributed by atoms with Crippen molar-refractivity contribution in [3.63, 3.8) is 0 Å². The van der Waals surface area contributed by atoms with Gasteiger partial charge in [0.05, 0.1) is 7.11 Å². The molecule has 142 valence electrons. The SMILES string of the molecule is CCC1(c2ccc(Cl)cc2)CCN(C(=O)C2CC(NC(=O)OC)C2)CC1. The first-order valence-corrected chi connectivity index (χ1v) is 9.74. The Morgan fingerprint density at radius 3 is 2.38 bits per heavy atom. The highest BCUT2D eigenvalue weighted by Gasteiger charge is 2.41. The molecule has 0 atom stereocenters. The van der Waals surface area contributed by atoms with E-state index in [1.54, 1.807) is 0 Å². The van der Waals surface area contributed by atoms with Gasteiger partial charge in [0.1, 0.15) is 0 Å². The molecule has 0 aromatic heterocycles. The van der Waals surface area contributed by atoms with Crippen LogP contribution in [0.15, 0.2) is 24.3 Å². The zero-order valence-corrected chi connectivity index (χ0v) is 16.2. The molecule has 1 aliphatic carbocycles. The third-order valence-electron chi connectivity index (χ3n) is 6.16. The summed E-state index contributed by atoms with van der Waals surface area (Å²) in [6.07, 6.45) is 4.02. The van der Waals surface area contributed by atoms with E-state index in [1.165, 1.54) is 12.7 Å². The molecule has 1 N–H and O–H groups in total. The second-order valence-corrected chi connectivity index (χ2v) is 7.90. The number of alkyl carbamates (subject to hydrolysis) is 1. The average Bonchev–Trinajstić information content (AvgIpc) is 2.64. The van der Waals surface area contributed by atoms with Gasteiger partial charge in [0.2, 0.25) is 5.91 Å². The number of carbonyl (C=O) groups is 2. The number of nitrogens with zero attached hydrogens (tertiary/aromatic N) is 1.